The lowest BCUT2D eigenvalue weighted by Gasteiger charge is -2.13. The number of anilines is 1. The molecule has 0 saturated carbocycles. The minimum Gasteiger partial charge on any atom is -0.456 e. The topological polar surface area (TPSA) is 52.3 Å². The summed E-state index contributed by atoms with van der Waals surface area (Å²) in [7, 11) is 0. The number of hydrogen-bond donors (Lipinski definition) is 1. The van der Waals surface area contributed by atoms with Crippen molar-refractivity contribution in [3.8, 4) is 11.5 Å². The summed E-state index contributed by atoms with van der Waals surface area (Å²) in [6, 6.07) is 20.6. The average molecular weight is 321 g/mol. The van der Waals surface area contributed by atoms with Crippen LogP contribution < -0.4 is 10.5 Å². The number of hydrogen-bond acceptors (Lipinski definition) is 3. The summed E-state index contributed by atoms with van der Waals surface area (Å²) in [5.74, 6) is 0.578. The second-order valence-electron chi connectivity index (χ2n) is 5.29. The lowest BCUT2D eigenvalue weighted by Crippen LogP contribution is -2.04. The van der Waals surface area contributed by atoms with Crippen molar-refractivity contribution in [3.63, 3.8) is 0 Å². The van der Waals surface area contributed by atoms with Crippen LogP contribution in [0.4, 0.5) is 10.1 Å². The van der Waals surface area contributed by atoms with Crippen LogP contribution in [0.25, 0.3) is 0 Å². The van der Waals surface area contributed by atoms with Crippen LogP contribution in [0.15, 0.2) is 72.8 Å². The number of nitrogen functional groups attached to an aromatic ring is 1. The Morgan fingerprint density at radius 2 is 1.62 bits per heavy atom. The molecule has 0 aliphatic carbocycles. The molecular formula is C20H16FNO2. The van der Waals surface area contributed by atoms with E-state index in [0.29, 0.717) is 33.9 Å². The molecule has 4 heteroatoms. The fraction of sp³-hybridized carbons (Fsp3) is 0.0500. The first-order valence-electron chi connectivity index (χ1n) is 7.50. The van der Waals surface area contributed by atoms with E-state index in [1.807, 2.05) is 6.07 Å². The lowest BCUT2D eigenvalue weighted by atomic mass is 10.0. The van der Waals surface area contributed by atoms with Gasteiger partial charge in [0, 0.05) is 16.8 Å². The number of ether oxygens (including phenoxy) is 1. The van der Waals surface area contributed by atoms with Crippen LogP contribution >= 0.6 is 0 Å². The van der Waals surface area contributed by atoms with Crippen molar-refractivity contribution in [3.05, 3.63) is 89.5 Å². The van der Waals surface area contributed by atoms with E-state index in [4.69, 9.17) is 10.5 Å². The van der Waals surface area contributed by atoms with Gasteiger partial charge in [-0.2, -0.15) is 0 Å². The van der Waals surface area contributed by atoms with Gasteiger partial charge < -0.3 is 10.5 Å². The molecule has 3 nitrogen and oxygen atoms in total. The number of halogens is 1. The second-order valence-corrected chi connectivity index (χ2v) is 5.29. The molecule has 0 amide bonds. The van der Waals surface area contributed by atoms with Gasteiger partial charge in [-0.15, -0.1) is 0 Å². The molecular weight excluding hydrogens is 305 g/mol. The number of alkyl halides is 1. The minimum absolute atomic E-state index is 0.150. The number of carbonyl (C=O) groups is 1. The third-order valence-corrected chi connectivity index (χ3v) is 3.62. The van der Waals surface area contributed by atoms with Crippen molar-refractivity contribution < 1.29 is 13.9 Å². The number of benzene rings is 3. The van der Waals surface area contributed by atoms with E-state index in [0.717, 1.165) is 0 Å². The summed E-state index contributed by atoms with van der Waals surface area (Å²) >= 11 is 0. The predicted octanol–water partition coefficient (Wildman–Crippen LogP) is 4.76. The maximum atomic E-state index is 13.2. The summed E-state index contributed by atoms with van der Waals surface area (Å²) in [6.45, 7) is -0.699. The largest absolute Gasteiger partial charge is 0.456 e. The first-order valence-corrected chi connectivity index (χ1v) is 7.50. The first-order chi connectivity index (χ1) is 11.7. The Bertz CT molecular complexity index is 863. The van der Waals surface area contributed by atoms with Gasteiger partial charge >= 0.3 is 0 Å². The summed E-state index contributed by atoms with van der Waals surface area (Å²) in [5, 5.41) is 0. The summed E-state index contributed by atoms with van der Waals surface area (Å²) < 4.78 is 19.0. The molecule has 0 aliphatic heterocycles. The molecule has 24 heavy (non-hydrogen) atoms. The Balaban J connectivity index is 1.97. The molecule has 2 N–H and O–H groups in total. The van der Waals surface area contributed by atoms with Crippen LogP contribution in [0.2, 0.25) is 0 Å². The number of para-hydroxylation sites is 1. The van der Waals surface area contributed by atoms with Crippen LogP contribution in [-0.4, -0.2) is 5.78 Å². The molecule has 0 bridgehead atoms. The maximum absolute atomic E-state index is 13.2. The zero-order chi connectivity index (χ0) is 16.9. The monoisotopic (exact) mass is 321 g/mol. The lowest BCUT2D eigenvalue weighted by molar-refractivity contribution is 0.103. The van der Waals surface area contributed by atoms with Gasteiger partial charge in [-0.3, -0.25) is 4.79 Å². The fourth-order valence-corrected chi connectivity index (χ4v) is 2.41. The molecule has 0 aliphatic rings. The van der Waals surface area contributed by atoms with Gasteiger partial charge in [-0.05, 0) is 30.3 Å². The van der Waals surface area contributed by atoms with Crippen LogP contribution in [0.1, 0.15) is 21.5 Å². The Morgan fingerprint density at radius 3 is 2.38 bits per heavy atom. The first kappa shape index (κ1) is 15.7. The van der Waals surface area contributed by atoms with E-state index < -0.39 is 6.67 Å². The van der Waals surface area contributed by atoms with Gasteiger partial charge in [0.15, 0.2) is 5.78 Å². The highest BCUT2D eigenvalue weighted by Crippen LogP contribution is 2.31. The van der Waals surface area contributed by atoms with Gasteiger partial charge in [-0.25, -0.2) is 4.39 Å². The van der Waals surface area contributed by atoms with Crippen molar-refractivity contribution in [1.29, 1.82) is 0 Å². The van der Waals surface area contributed by atoms with E-state index in [2.05, 4.69) is 0 Å². The Labute approximate surface area is 139 Å². The van der Waals surface area contributed by atoms with Gasteiger partial charge in [0.25, 0.3) is 0 Å². The van der Waals surface area contributed by atoms with Crippen molar-refractivity contribution in [2.75, 3.05) is 5.73 Å². The highest BCUT2D eigenvalue weighted by atomic mass is 19.1. The zero-order valence-electron chi connectivity index (χ0n) is 12.9. The average Bonchev–Trinajstić information content (AvgIpc) is 2.63. The predicted molar refractivity (Wildman–Crippen MR) is 92.1 cm³/mol. The SMILES string of the molecule is Nc1ccc(Oc2ccccc2C(=O)c2ccccc2)c(CF)c1. The number of nitrogens with two attached hydrogens (primary N) is 1. The zero-order valence-corrected chi connectivity index (χ0v) is 12.9. The van der Waals surface area contributed by atoms with E-state index in [1.165, 1.54) is 6.07 Å². The van der Waals surface area contributed by atoms with Gasteiger partial charge in [0.1, 0.15) is 18.2 Å². The third-order valence-electron chi connectivity index (χ3n) is 3.62. The van der Waals surface area contributed by atoms with Crippen molar-refractivity contribution >= 4 is 11.5 Å². The molecule has 0 spiro atoms. The summed E-state index contributed by atoms with van der Waals surface area (Å²) in [5.41, 5.74) is 7.47. The molecule has 0 heterocycles. The second kappa shape index (κ2) is 6.96. The molecule has 0 atom stereocenters. The van der Waals surface area contributed by atoms with E-state index in [-0.39, 0.29) is 5.78 Å². The Morgan fingerprint density at radius 1 is 0.917 bits per heavy atom. The molecule has 120 valence electrons. The molecule has 3 aromatic carbocycles. The molecule has 0 aromatic heterocycles. The summed E-state index contributed by atoms with van der Waals surface area (Å²) in [6.07, 6.45) is 0. The van der Waals surface area contributed by atoms with Gasteiger partial charge in [0.2, 0.25) is 0 Å². The molecule has 3 rings (SSSR count). The van der Waals surface area contributed by atoms with Crippen LogP contribution in [0.3, 0.4) is 0 Å². The molecule has 0 unspecified atom stereocenters. The van der Waals surface area contributed by atoms with Crippen molar-refractivity contribution in [1.82, 2.24) is 0 Å². The standard InChI is InChI=1S/C20H16FNO2/c21-13-15-12-16(22)10-11-18(15)24-19-9-5-4-8-17(19)20(23)14-6-2-1-3-7-14/h1-12H,13,22H2. The molecule has 3 aromatic rings. The normalized spacial score (nSPS) is 10.4. The molecule has 0 fully saturated rings. The number of carbonyl (C=O) groups excluding carboxylic acids is 1. The smallest absolute Gasteiger partial charge is 0.196 e. The Hall–Kier alpha value is -3.14. The molecule has 0 saturated heterocycles. The van der Waals surface area contributed by atoms with Crippen LogP contribution in [0, 0.1) is 0 Å². The van der Waals surface area contributed by atoms with Crippen molar-refractivity contribution in [2.24, 2.45) is 0 Å². The van der Waals surface area contributed by atoms with Gasteiger partial charge in [0.05, 0.1) is 5.56 Å². The summed E-state index contributed by atoms with van der Waals surface area (Å²) in [4.78, 5) is 12.7. The van der Waals surface area contributed by atoms with E-state index >= 15 is 0 Å². The quantitative estimate of drug-likeness (QED) is 0.544. The van der Waals surface area contributed by atoms with Crippen LogP contribution in [-0.2, 0) is 6.67 Å². The van der Waals surface area contributed by atoms with Crippen molar-refractivity contribution in [2.45, 2.75) is 6.67 Å². The fourth-order valence-electron chi connectivity index (χ4n) is 2.41. The third kappa shape index (κ3) is 3.27. The van der Waals surface area contributed by atoms with Gasteiger partial charge in [-0.1, -0.05) is 42.5 Å². The maximum Gasteiger partial charge on any atom is 0.196 e. The highest BCUT2D eigenvalue weighted by molar-refractivity contribution is 6.10. The highest BCUT2D eigenvalue weighted by Gasteiger charge is 2.15. The van der Waals surface area contributed by atoms with E-state index in [1.54, 1.807) is 60.7 Å². The minimum atomic E-state index is -0.699. The Kier molecular flexibility index (Phi) is 4.57. The van der Waals surface area contributed by atoms with E-state index in [9.17, 15) is 9.18 Å². The number of ketones is 1. The number of rotatable bonds is 5. The van der Waals surface area contributed by atoms with Crippen LogP contribution in [0.5, 0.6) is 11.5 Å². The molecule has 0 radical (unpaired) electrons.